The predicted molar refractivity (Wildman–Crippen MR) is 64.7 cm³/mol. The van der Waals surface area contributed by atoms with Crippen molar-refractivity contribution in [3.63, 3.8) is 0 Å². The molecule has 3 N–H and O–H groups in total. The Balaban J connectivity index is 3.14. The molecule has 0 aliphatic rings. The molecule has 6 nitrogen and oxygen atoms in total. The number of benzene rings is 1. The van der Waals surface area contributed by atoms with Gasteiger partial charge in [-0.1, -0.05) is 6.07 Å². The molecule has 0 unspecified atom stereocenters. The van der Waals surface area contributed by atoms with Crippen molar-refractivity contribution < 1.29 is 9.84 Å². The number of hydrogen-bond acceptors (Lipinski definition) is 6. The van der Waals surface area contributed by atoms with E-state index < -0.39 is 0 Å². The minimum Gasteiger partial charge on any atom is -0.504 e. The highest BCUT2D eigenvalue weighted by Crippen LogP contribution is 2.28. The summed E-state index contributed by atoms with van der Waals surface area (Å²) in [5.41, 5.74) is 5.15. The first-order chi connectivity index (χ1) is 8.63. The topological polar surface area (TPSA) is 115 Å². The van der Waals surface area contributed by atoms with Gasteiger partial charge < -0.3 is 15.6 Å². The standard InChI is InChI=1S/C12H10N4O2/c1-18-11-4-2-3-8(12(11)17)7-16-10(6-14)9(15)5-13/h2-4,7,17H,15H2,1H3/b10-9-,16-7?. The van der Waals surface area contributed by atoms with Gasteiger partial charge >= 0.3 is 0 Å². The summed E-state index contributed by atoms with van der Waals surface area (Å²) in [4.78, 5) is 3.75. The maximum Gasteiger partial charge on any atom is 0.174 e. The van der Waals surface area contributed by atoms with E-state index in [9.17, 15) is 5.11 Å². The van der Waals surface area contributed by atoms with Gasteiger partial charge in [0, 0.05) is 11.8 Å². The lowest BCUT2D eigenvalue weighted by atomic mass is 10.2. The highest BCUT2D eigenvalue weighted by Gasteiger charge is 2.05. The molecule has 0 saturated heterocycles. The van der Waals surface area contributed by atoms with Crippen molar-refractivity contribution in [1.29, 1.82) is 10.5 Å². The molecule has 1 aromatic rings. The molecule has 0 saturated carbocycles. The average molecular weight is 242 g/mol. The van der Waals surface area contributed by atoms with Crippen molar-refractivity contribution in [2.24, 2.45) is 10.7 Å². The second kappa shape index (κ2) is 5.92. The molecule has 90 valence electrons. The molecule has 6 heteroatoms. The molecule has 0 spiro atoms. The van der Waals surface area contributed by atoms with E-state index in [0.717, 1.165) is 0 Å². The van der Waals surface area contributed by atoms with Crippen LogP contribution in [0.15, 0.2) is 34.6 Å². The average Bonchev–Trinajstić information content (AvgIpc) is 2.40. The number of rotatable bonds is 3. The summed E-state index contributed by atoms with van der Waals surface area (Å²) in [7, 11) is 1.42. The SMILES string of the molecule is COc1cccc(C=N/C(C#N)=C(\N)C#N)c1O. The van der Waals surface area contributed by atoms with E-state index in [1.54, 1.807) is 30.3 Å². The molecule has 0 heterocycles. The summed E-state index contributed by atoms with van der Waals surface area (Å²) in [5.74, 6) is 0.186. The van der Waals surface area contributed by atoms with Gasteiger partial charge in [-0.05, 0) is 12.1 Å². The van der Waals surface area contributed by atoms with Crippen molar-refractivity contribution >= 4 is 6.21 Å². The third-order valence-corrected chi connectivity index (χ3v) is 2.06. The van der Waals surface area contributed by atoms with E-state index in [2.05, 4.69) is 4.99 Å². The number of nitriles is 2. The number of para-hydroxylation sites is 1. The molecule has 1 aromatic carbocycles. The monoisotopic (exact) mass is 242 g/mol. The van der Waals surface area contributed by atoms with Gasteiger partial charge in [-0.15, -0.1) is 0 Å². The number of aliphatic imine (C=N–C) groups is 1. The lowest BCUT2D eigenvalue weighted by Crippen LogP contribution is -1.97. The summed E-state index contributed by atoms with van der Waals surface area (Å²) in [5, 5.41) is 27.0. The summed E-state index contributed by atoms with van der Waals surface area (Å²) in [6.45, 7) is 0. The van der Waals surface area contributed by atoms with Crippen LogP contribution in [0.25, 0.3) is 0 Å². The maximum atomic E-state index is 9.76. The molecular weight excluding hydrogens is 232 g/mol. The van der Waals surface area contributed by atoms with Gasteiger partial charge in [0.1, 0.15) is 17.8 Å². The number of phenols is 1. The smallest absolute Gasteiger partial charge is 0.174 e. The van der Waals surface area contributed by atoms with Crippen LogP contribution in [-0.2, 0) is 0 Å². The zero-order chi connectivity index (χ0) is 13.5. The van der Waals surface area contributed by atoms with Crippen LogP contribution < -0.4 is 10.5 Å². The lowest BCUT2D eigenvalue weighted by molar-refractivity contribution is 0.373. The highest BCUT2D eigenvalue weighted by molar-refractivity contribution is 5.85. The van der Waals surface area contributed by atoms with Gasteiger partial charge in [-0.25, -0.2) is 4.99 Å². The second-order valence-corrected chi connectivity index (χ2v) is 3.14. The maximum absolute atomic E-state index is 9.76. The molecular formula is C12H10N4O2. The largest absolute Gasteiger partial charge is 0.504 e. The summed E-state index contributed by atoms with van der Waals surface area (Å²) in [6, 6.07) is 8.13. The first kappa shape index (κ1) is 13.1. The van der Waals surface area contributed by atoms with Crippen molar-refractivity contribution in [1.82, 2.24) is 0 Å². The van der Waals surface area contributed by atoms with Gasteiger partial charge in [0.25, 0.3) is 0 Å². The zero-order valence-corrected chi connectivity index (χ0v) is 9.58. The Morgan fingerprint density at radius 1 is 1.44 bits per heavy atom. The third-order valence-electron chi connectivity index (χ3n) is 2.06. The molecule has 18 heavy (non-hydrogen) atoms. The Morgan fingerprint density at radius 3 is 2.72 bits per heavy atom. The number of nitrogens with zero attached hydrogens (tertiary/aromatic N) is 3. The fourth-order valence-corrected chi connectivity index (χ4v) is 1.15. The number of aromatic hydroxyl groups is 1. The highest BCUT2D eigenvalue weighted by atomic mass is 16.5. The van der Waals surface area contributed by atoms with Gasteiger partial charge in [-0.3, -0.25) is 0 Å². The van der Waals surface area contributed by atoms with Crippen molar-refractivity contribution in [3.8, 4) is 23.6 Å². The van der Waals surface area contributed by atoms with Crippen LogP contribution in [0, 0.1) is 22.7 Å². The van der Waals surface area contributed by atoms with E-state index >= 15 is 0 Å². The molecule has 0 aliphatic carbocycles. The number of ether oxygens (including phenoxy) is 1. The molecule has 0 radical (unpaired) electrons. The normalized spacial score (nSPS) is 11.5. The number of allylic oxidation sites excluding steroid dienone is 2. The second-order valence-electron chi connectivity index (χ2n) is 3.14. The number of phenolic OH excluding ortho intramolecular Hbond substituents is 1. The minimum absolute atomic E-state index is 0.100. The number of methoxy groups -OCH3 is 1. The fraction of sp³-hybridized carbons (Fsp3) is 0.0833. The fourth-order valence-electron chi connectivity index (χ4n) is 1.15. The summed E-state index contributed by atoms with van der Waals surface area (Å²) in [6.07, 6.45) is 1.24. The van der Waals surface area contributed by atoms with Gasteiger partial charge in [-0.2, -0.15) is 10.5 Å². The van der Waals surface area contributed by atoms with Crippen LogP contribution in [0.5, 0.6) is 11.5 Å². The minimum atomic E-state index is -0.281. The van der Waals surface area contributed by atoms with Gasteiger partial charge in [0.05, 0.1) is 7.11 Å². The van der Waals surface area contributed by atoms with Crippen LogP contribution in [0.1, 0.15) is 5.56 Å². The van der Waals surface area contributed by atoms with Crippen molar-refractivity contribution in [2.45, 2.75) is 0 Å². The lowest BCUT2D eigenvalue weighted by Gasteiger charge is -2.04. The van der Waals surface area contributed by atoms with E-state index in [1.165, 1.54) is 13.3 Å². The zero-order valence-electron chi connectivity index (χ0n) is 9.58. The third kappa shape index (κ3) is 2.77. The molecule has 0 amide bonds. The Kier molecular flexibility index (Phi) is 4.30. The number of hydrogen-bond donors (Lipinski definition) is 2. The van der Waals surface area contributed by atoms with Crippen molar-refractivity contribution in [3.05, 3.63) is 35.2 Å². The quantitative estimate of drug-likeness (QED) is 0.606. The predicted octanol–water partition coefficient (Wildman–Crippen LogP) is 1.04. The molecule has 1 rings (SSSR count). The van der Waals surface area contributed by atoms with Gasteiger partial charge in [0.15, 0.2) is 17.2 Å². The Morgan fingerprint density at radius 2 is 2.17 bits per heavy atom. The molecule has 0 aliphatic heterocycles. The first-order valence-corrected chi connectivity index (χ1v) is 4.84. The molecule has 0 bridgehead atoms. The Labute approximate surface area is 104 Å². The van der Waals surface area contributed by atoms with Crippen LogP contribution >= 0.6 is 0 Å². The molecule has 0 fully saturated rings. The van der Waals surface area contributed by atoms with E-state index in [-0.39, 0.29) is 22.9 Å². The molecule has 0 aromatic heterocycles. The van der Waals surface area contributed by atoms with Crippen LogP contribution in [-0.4, -0.2) is 18.4 Å². The van der Waals surface area contributed by atoms with E-state index in [4.69, 9.17) is 21.0 Å². The van der Waals surface area contributed by atoms with Crippen LogP contribution in [0.3, 0.4) is 0 Å². The Hall–Kier alpha value is -2.99. The first-order valence-electron chi connectivity index (χ1n) is 4.84. The number of nitrogens with two attached hydrogens (primary N) is 1. The van der Waals surface area contributed by atoms with E-state index in [0.29, 0.717) is 5.56 Å². The summed E-state index contributed by atoms with van der Waals surface area (Å²) >= 11 is 0. The summed E-state index contributed by atoms with van der Waals surface area (Å²) < 4.78 is 4.92. The van der Waals surface area contributed by atoms with Crippen LogP contribution in [0.2, 0.25) is 0 Å². The molecule has 0 atom stereocenters. The van der Waals surface area contributed by atoms with Crippen LogP contribution in [0.4, 0.5) is 0 Å². The van der Waals surface area contributed by atoms with Crippen molar-refractivity contribution in [2.75, 3.05) is 7.11 Å². The Bertz CT molecular complexity index is 591. The van der Waals surface area contributed by atoms with Gasteiger partial charge in [0.2, 0.25) is 0 Å². The van der Waals surface area contributed by atoms with E-state index in [1.807, 2.05) is 0 Å².